The van der Waals surface area contributed by atoms with Gasteiger partial charge in [-0.1, -0.05) is 12.8 Å². The molecule has 7 nitrogen and oxygen atoms in total. The summed E-state index contributed by atoms with van der Waals surface area (Å²) in [7, 11) is 0. The van der Waals surface area contributed by atoms with E-state index in [4.69, 9.17) is 5.11 Å². The molecule has 1 aliphatic rings. The second kappa shape index (κ2) is 6.45. The predicted molar refractivity (Wildman–Crippen MR) is 74.0 cm³/mol. The van der Waals surface area contributed by atoms with E-state index in [1.54, 1.807) is 0 Å². The molecular formula is C14H16N2O5. The zero-order valence-corrected chi connectivity index (χ0v) is 11.4. The Morgan fingerprint density at radius 3 is 2.38 bits per heavy atom. The van der Waals surface area contributed by atoms with Crippen LogP contribution in [-0.2, 0) is 0 Å². The summed E-state index contributed by atoms with van der Waals surface area (Å²) in [5, 5.41) is 19.4. The summed E-state index contributed by atoms with van der Waals surface area (Å²) in [6, 6.07) is 3.72. The smallest absolute Gasteiger partial charge is 0.270 e. The molecule has 2 amide bonds. The van der Waals surface area contributed by atoms with Gasteiger partial charge >= 0.3 is 0 Å². The maximum Gasteiger partial charge on any atom is 0.270 e. The average molecular weight is 292 g/mol. The number of hydrogen-bond acceptors (Lipinski definition) is 5. The molecule has 0 saturated carbocycles. The SMILES string of the molecule is O=C1c2ccc([N+](=O)[O-])cc2C(=O)N1CCCCCCO. The van der Waals surface area contributed by atoms with Gasteiger partial charge in [-0.3, -0.25) is 24.6 Å². The first-order valence-electron chi connectivity index (χ1n) is 6.81. The Morgan fingerprint density at radius 2 is 1.71 bits per heavy atom. The molecule has 21 heavy (non-hydrogen) atoms. The summed E-state index contributed by atoms with van der Waals surface area (Å²) < 4.78 is 0. The molecule has 1 heterocycles. The summed E-state index contributed by atoms with van der Waals surface area (Å²) >= 11 is 0. The number of nitrogens with zero attached hydrogens (tertiary/aromatic N) is 2. The normalized spacial score (nSPS) is 13.7. The molecule has 7 heteroatoms. The van der Waals surface area contributed by atoms with Crippen molar-refractivity contribution >= 4 is 17.5 Å². The van der Waals surface area contributed by atoms with Crippen molar-refractivity contribution < 1.29 is 19.6 Å². The fourth-order valence-electron chi connectivity index (χ4n) is 2.33. The van der Waals surface area contributed by atoms with E-state index in [1.807, 2.05) is 0 Å². The van der Waals surface area contributed by atoms with Gasteiger partial charge < -0.3 is 5.11 Å². The van der Waals surface area contributed by atoms with Crippen LogP contribution in [-0.4, -0.2) is 39.9 Å². The van der Waals surface area contributed by atoms with Crippen LogP contribution in [0.1, 0.15) is 46.4 Å². The van der Waals surface area contributed by atoms with E-state index in [0.717, 1.165) is 23.8 Å². The van der Waals surface area contributed by atoms with Gasteiger partial charge in [0.15, 0.2) is 0 Å². The molecule has 0 radical (unpaired) electrons. The second-order valence-corrected chi connectivity index (χ2v) is 4.89. The van der Waals surface area contributed by atoms with Gasteiger partial charge in [-0.25, -0.2) is 0 Å². The maximum absolute atomic E-state index is 12.1. The van der Waals surface area contributed by atoms with Crippen LogP contribution in [0, 0.1) is 10.1 Å². The molecule has 0 unspecified atom stereocenters. The van der Waals surface area contributed by atoms with E-state index in [1.165, 1.54) is 12.1 Å². The number of imide groups is 1. The zero-order chi connectivity index (χ0) is 15.4. The van der Waals surface area contributed by atoms with Crippen LogP contribution in [0.15, 0.2) is 18.2 Å². The monoisotopic (exact) mass is 292 g/mol. The number of fused-ring (bicyclic) bond motifs is 1. The Morgan fingerprint density at radius 1 is 1.05 bits per heavy atom. The van der Waals surface area contributed by atoms with Crippen molar-refractivity contribution in [3.8, 4) is 0 Å². The third kappa shape index (κ3) is 3.08. The quantitative estimate of drug-likeness (QED) is 0.357. The summed E-state index contributed by atoms with van der Waals surface area (Å²) in [5.41, 5.74) is 0.130. The molecule has 0 spiro atoms. The van der Waals surface area contributed by atoms with E-state index in [9.17, 15) is 19.7 Å². The fourth-order valence-corrected chi connectivity index (χ4v) is 2.33. The molecule has 1 aliphatic heterocycles. The Balaban J connectivity index is 2.06. The van der Waals surface area contributed by atoms with Crippen LogP contribution < -0.4 is 0 Å². The largest absolute Gasteiger partial charge is 0.396 e. The van der Waals surface area contributed by atoms with E-state index in [2.05, 4.69) is 0 Å². The van der Waals surface area contributed by atoms with Crippen molar-refractivity contribution in [3.63, 3.8) is 0 Å². The molecule has 0 bridgehead atoms. The van der Waals surface area contributed by atoms with Gasteiger partial charge in [0, 0.05) is 25.3 Å². The lowest BCUT2D eigenvalue weighted by molar-refractivity contribution is -0.384. The van der Waals surface area contributed by atoms with Gasteiger partial charge in [-0.15, -0.1) is 0 Å². The van der Waals surface area contributed by atoms with Gasteiger partial charge in [0.2, 0.25) is 0 Å². The number of aliphatic hydroxyl groups excluding tert-OH is 1. The molecule has 112 valence electrons. The van der Waals surface area contributed by atoms with Gasteiger partial charge in [-0.2, -0.15) is 0 Å². The standard InChI is InChI=1S/C14H16N2O5/c17-8-4-2-1-3-7-15-13(18)11-6-5-10(16(20)21)9-12(11)14(15)19/h5-6,9,17H,1-4,7-8H2. The van der Waals surface area contributed by atoms with Crippen LogP contribution >= 0.6 is 0 Å². The topological polar surface area (TPSA) is 101 Å². The van der Waals surface area contributed by atoms with Crippen LogP contribution in [0.2, 0.25) is 0 Å². The third-order valence-electron chi connectivity index (χ3n) is 3.45. The highest BCUT2D eigenvalue weighted by atomic mass is 16.6. The van der Waals surface area contributed by atoms with Gasteiger partial charge in [0.25, 0.3) is 17.5 Å². The minimum atomic E-state index is -0.588. The molecular weight excluding hydrogens is 276 g/mol. The minimum absolute atomic E-state index is 0.101. The lowest BCUT2D eigenvalue weighted by Gasteiger charge is -2.13. The predicted octanol–water partition coefficient (Wildman–Crippen LogP) is 1.74. The molecule has 2 rings (SSSR count). The van der Waals surface area contributed by atoms with E-state index in [-0.39, 0.29) is 23.4 Å². The number of rotatable bonds is 7. The summed E-state index contributed by atoms with van der Waals surface area (Å²) in [4.78, 5) is 35.5. The second-order valence-electron chi connectivity index (χ2n) is 4.89. The molecule has 0 aliphatic carbocycles. The first-order chi connectivity index (χ1) is 10.1. The number of amides is 2. The maximum atomic E-state index is 12.1. The summed E-state index contributed by atoms with van der Waals surface area (Å²) in [5.74, 6) is -0.868. The molecule has 0 fully saturated rings. The van der Waals surface area contributed by atoms with E-state index >= 15 is 0 Å². The average Bonchev–Trinajstić information content (AvgIpc) is 2.71. The number of carbonyl (C=O) groups excluding carboxylic acids is 2. The Labute approximate surface area is 121 Å². The number of nitro groups is 1. The number of benzene rings is 1. The highest BCUT2D eigenvalue weighted by Crippen LogP contribution is 2.27. The van der Waals surface area contributed by atoms with Crippen molar-refractivity contribution in [2.75, 3.05) is 13.2 Å². The molecule has 1 N–H and O–H groups in total. The fraction of sp³-hybridized carbons (Fsp3) is 0.429. The van der Waals surface area contributed by atoms with Crippen molar-refractivity contribution in [1.82, 2.24) is 4.90 Å². The van der Waals surface area contributed by atoms with Crippen molar-refractivity contribution in [3.05, 3.63) is 39.4 Å². The van der Waals surface area contributed by atoms with Crippen LogP contribution in [0.25, 0.3) is 0 Å². The van der Waals surface area contributed by atoms with Crippen LogP contribution in [0.3, 0.4) is 0 Å². The number of non-ortho nitro benzene ring substituents is 1. The van der Waals surface area contributed by atoms with Crippen LogP contribution in [0.4, 0.5) is 5.69 Å². The van der Waals surface area contributed by atoms with E-state index < -0.39 is 16.7 Å². The highest BCUT2D eigenvalue weighted by Gasteiger charge is 2.36. The van der Waals surface area contributed by atoms with E-state index in [0.29, 0.717) is 19.4 Å². The molecule has 0 aromatic heterocycles. The van der Waals surface area contributed by atoms with Crippen LogP contribution in [0.5, 0.6) is 0 Å². The van der Waals surface area contributed by atoms with Crippen molar-refractivity contribution in [2.45, 2.75) is 25.7 Å². The van der Waals surface area contributed by atoms with Crippen molar-refractivity contribution in [1.29, 1.82) is 0 Å². The molecule has 0 saturated heterocycles. The Bertz CT molecular complexity index is 585. The number of unbranched alkanes of at least 4 members (excludes halogenated alkanes) is 3. The van der Waals surface area contributed by atoms with Gasteiger partial charge in [0.05, 0.1) is 16.1 Å². The molecule has 0 atom stereocenters. The number of aliphatic hydroxyl groups is 1. The Hall–Kier alpha value is -2.28. The lowest BCUT2D eigenvalue weighted by Crippen LogP contribution is -2.30. The molecule has 1 aromatic rings. The zero-order valence-electron chi connectivity index (χ0n) is 11.4. The first kappa shape index (κ1) is 15.1. The number of hydrogen-bond donors (Lipinski definition) is 1. The number of carbonyl (C=O) groups is 2. The third-order valence-corrected chi connectivity index (χ3v) is 3.45. The lowest BCUT2D eigenvalue weighted by atomic mass is 10.1. The summed E-state index contributed by atoms with van der Waals surface area (Å²) in [6.07, 6.45) is 3.02. The number of nitro benzene ring substituents is 1. The van der Waals surface area contributed by atoms with Crippen molar-refractivity contribution in [2.24, 2.45) is 0 Å². The first-order valence-corrected chi connectivity index (χ1v) is 6.81. The summed E-state index contributed by atoms with van der Waals surface area (Å²) in [6.45, 7) is 0.433. The minimum Gasteiger partial charge on any atom is -0.396 e. The highest BCUT2D eigenvalue weighted by molar-refractivity contribution is 6.21. The van der Waals surface area contributed by atoms with Gasteiger partial charge in [0.1, 0.15) is 0 Å². The molecule has 1 aromatic carbocycles. The van der Waals surface area contributed by atoms with Gasteiger partial charge in [-0.05, 0) is 18.9 Å². The Kier molecular flexibility index (Phi) is 4.64.